The average Bonchev–Trinajstić information content (AvgIpc) is 3.04. The summed E-state index contributed by atoms with van der Waals surface area (Å²) in [4.78, 5) is 15.6. The number of carbonyl (C=O) groups excluding carboxylic acids is 1. The van der Waals surface area contributed by atoms with E-state index in [4.69, 9.17) is 17.0 Å². The van der Waals surface area contributed by atoms with E-state index in [-0.39, 0.29) is 5.91 Å². The number of benzene rings is 3. The Kier molecular flexibility index (Phi) is 6.44. The van der Waals surface area contributed by atoms with Gasteiger partial charge in [0.1, 0.15) is 5.75 Å². The predicted octanol–water partition coefficient (Wildman–Crippen LogP) is 7.04. The third-order valence-corrected chi connectivity index (χ3v) is 6.81. The number of amides is 1. The van der Waals surface area contributed by atoms with Crippen molar-refractivity contribution < 1.29 is 9.53 Å². The highest BCUT2D eigenvalue weighted by atomic mass is 32.2. The van der Waals surface area contributed by atoms with E-state index in [2.05, 4.69) is 32.0 Å². The van der Waals surface area contributed by atoms with Crippen LogP contribution in [-0.2, 0) is 4.79 Å². The fourth-order valence-electron chi connectivity index (χ4n) is 3.56. The number of carbonyl (C=O) groups is 1. The molecular formula is C26H25NO2S2. The van der Waals surface area contributed by atoms with Crippen molar-refractivity contribution in [2.75, 3.05) is 11.5 Å². The van der Waals surface area contributed by atoms with Crippen molar-refractivity contribution in [2.24, 2.45) is 0 Å². The van der Waals surface area contributed by atoms with Crippen LogP contribution >= 0.6 is 24.0 Å². The van der Waals surface area contributed by atoms with Crippen molar-refractivity contribution in [1.29, 1.82) is 0 Å². The van der Waals surface area contributed by atoms with Gasteiger partial charge in [-0.15, -0.1) is 0 Å². The second-order valence-corrected chi connectivity index (χ2v) is 9.36. The van der Waals surface area contributed by atoms with Crippen LogP contribution in [0.15, 0.2) is 59.5 Å². The van der Waals surface area contributed by atoms with Gasteiger partial charge in [0.2, 0.25) is 0 Å². The Morgan fingerprint density at radius 3 is 2.65 bits per heavy atom. The van der Waals surface area contributed by atoms with Gasteiger partial charge in [0.15, 0.2) is 4.32 Å². The molecule has 1 aliphatic heterocycles. The van der Waals surface area contributed by atoms with Crippen molar-refractivity contribution in [1.82, 2.24) is 0 Å². The number of nitrogens with zero attached hydrogens (tertiary/aromatic N) is 1. The van der Waals surface area contributed by atoms with Crippen molar-refractivity contribution >= 4 is 56.7 Å². The normalized spacial score (nSPS) is 15.3. The molecule has 1 aliphatic rings. The number of hydrogen-bond donors (Lipinski definition) is 0. The van der Waals surface area contributed by atoms with Crippen LogP contribution in [0.4, 0.5) is 5.69 Å². The Balaban J connectivity index is 1.75. The van der Waals surface area contributed by atoms with Gasteiger partial charge >= 0.3 is 0 Å². The SMILES string of the molecule is CCCCOc1ccc2ccccc2c1C=C1SC(=S)N(c2ccc(C)c(C)c2)C1=O. The lowest BCUT2D eigenvalue weighted by Crippen LogP contribution is -2.27. The molecule has 0 spiro atoms. The lowest BCUT2D eigenvalue weighted by Gasteiger charge is -2.16. The molecule has 158 valence electrons. The minimum absolute atomic E-state index is 0.0919. The Morgan fingerprint density at radius 1 is 1.06 bits per heavy atom. The molecule has 0 atom stereocenters. The van der Waals surface area contributed by atoms with E-state index in [0.29, 0.717) is 15.8 Å². The number of anilines is 1. The molecule has 0 saturated carbocycles. The number of thiocarbonyl (C=S) groups is 1. The summed E-state index contributed by atoms with van der Waals surface area (Å²) in [6, 6.07) is 18.2. The Morgan fingerprint density at radius 2 is 1.87 bits per heavy atom. The first-order valence-electron chi connectivity index (χ1n) is 10.5. The summed E-state index contributed by atoms with van der Waals surface area (Å²) >= 11 is 6.92. The lowest BCUT2D eigenvalue weighted by molar-refractivity contribution is -0.113. The quantitative estimate of drug-likeness (QED) is 0.230. The monoisotopic (exact) mass is 447 g/mol. The van der Waals surface area contributed by atoms with Crippen LogP contribution in [0.1, 0.15) is 36.5 Å². The zero-order chi connectivity index (χ0) is 22.0. The first-order chi connectivity index (χ1) is 15.0. The predicted molar refractivity (Wildman–Crippen MR) is 136 cm³/mol. The van der Waals surface area contributed by atoms with Gasteiger partial charge in [-0.25, -0.2) is 0 Å². The van der Waals surface area contributed by atoms with Crippen LogP contribution in [0.25, 0.3) is 16.8 Å². The first-order valence-corrected chi connectivity index (χ1v) is 11.7. The number of ether oxygens (including phenoxy) is 1. The molecule has 3 nitrogen and oxygen atoms in total. The summed E-state index contributed by atoms with van der Waals surface area (Å²) in [5.74, 6) is 0.703. The van der Waals surface area contributed by atoms with E-state index in [1.165, 1.54) is 17.3 Å². The molecule has 1 amide bonds. The van der Waals surface area contributed by atoms with Gasteiger partial charge in [-0.2, -0.15) is 0 Å². The standard InChI is InChI=1S/C26H25NO2S2/c1-4-5-14-29-23-13-11-19-8-6-7-9-21(19)22(23)16-24-25(28)27(26(30)31-24)20-12-10-17(2)18(3)15-20/h6-13,15-16H,4-5,14H2,1-3H3. The van der Waals surface area contributed by atoms with Gasteiger partial charge in [-0.05, 0) is 66.4 Å². The van der Waals surface area contributed by atoms with E-state index in [0.717, 1.165) is 46.2 Å². The molecule has 5 heteroatoms. The zero-order valence-corrected chi connectivity index (χ0v) is 19.6. The molecule has 1 fully saturated rings. The van der Waals surface area contributed by atoms with Crippen molar-refractivity contribution in [3.8, 4) is 5.75 Å². The molecule has 4 rings (SSSR count). The average molecular weight is 448 g/mol. The molecule has 0 bridgehead atoms. The Bertz CT molecular complexity index is 1200. The third-order valence-electron chi connectivity index (χ3n) is 5.50. The Hall–Kier alpha value is -2.63. The molecule has 0 unspecified atom stereocenters. The molecule has 0 aliphatic carbocycles. The molecule has 0 radical (unpaired) electrons. The van der Waals surface area contributed by atoms with Crippen LogP contribution in [0.5, 0.6) is 5.75 Å². The summed E-state index contributed by atoms with van der Waals surface area (Å²) in [5, 5.41) is 2.18. The lowest BCUT2D eigenvalue weighted by atomic mass is 10.0. The largest absolute Gasteiger partial charge is 0.493 e. The van der Waals surface area contributed by atoms with Gasteiger partial charge in [0.25, 0.3) is 5.91 Å². The number of hydrogen-bond acceptors (Lipinski definition) is 4. The second kappa shape index (κ2) is 9.25. The summed E-state index contributed by atoms with van der Waals surface area (Å²) in [7, 11) is 0. The van der Waals surface area contributed by atoms with Gasteiger partial charge in [0, 0.05) is 5.56 Å². The molecule has 0 N–H and O–H groups in total. The second-order valence-electron chi connectivity index (χ2n) is 7.69. The molecule has 3 aromatic carbocycles. The van der Waals surface area contributed by atoms with Crippen molar-refractivity contribution in [3.63, 3.8) is 0 Å². The van der Waals surface area contributed by atoms with Crippen LogP contribution < -0.4 is 9.64 Å². The van der Waals surface area contributed by atoms with E-state index in [1.807, 2.05) is 49.4 Å². The number of aryl methyl sites for hydroxylation is 2. The molecule has 0 aromatic heterocycles. The van der Waals surface area contributed by atoms with E-state index >= 15 is 0 Å². The van der Waals surface area contributed by atoms with Crippen molar-refractivity contribution in [3.05, 3.63) is 76.2 Å². The fraction of sp³-hybridized carbons (Fsp3) is 0.231. The summed E-state index contributed by atoms with van der Waals surface area (Å²) in [6.07, 6.45) is 3.99. The molecule has 1 saturated heterocycles. The summed E-state index contributed by atoms with van der Waals surface area (Å²) in [5.41, 5.74) is 4.06. The number of rotatable bonds is 6. The van der Waals surface area contributed by atoms with Gasteiger partial charge < -0.3 is 4.74 Å². The van der Waals surface area contributed by atoms with Gasteiger partial charge in [-0.1, -0.05) is 73.7 Å². The first kappa shape index (κ1) is 21.6. The molecular weight excluding hydrogens is 422 g/mol. The van der Waals surface area contributed by atoms with Crippen molar-refractivity contribution in [2.45, 2.75) is 33.6 Å². The fourth-order valence-corrected chi connectivity index (χ4v) is 4.84. The third kappa shape index (κ3) is 4.39. The summed E-state index contributed by atoms with van der Waals surface area (Å²) < 4.78 is 6.64. The number of thioether (sulfide) groups is 1. The maximum absolute atomic E-state index is 13.3. The van der Waals surface area contributed by atoms with Gasteiger partial charge in [0.05, 0.1) is 17.2 Å². The minimum atomic E-state index is -0.0919. The maximum atomic E-state index is 13.3. The molecule has 1 heterocycles. The maximum Gasteiger partial charge on any atom is 0.270 e. The Labute approximate surface area is 193 Å². The van der Waals surface area contributed by atoms with E-state index < -0.39 is 0 Å². The van der Waals surface area contributed by atoms with Crippen LogP contribution in [0.2, 0.25) is 0 Å². The van der Waals surface area contributed by atoms with Crippen LogP contribution in [-0.4, -0.2) is 16.8 Å². The number of unbranched alkanes of at least 4 members (excludes halogenated alkanes) is 1. The molecule has 31 heavy (non-hydrogen) atoms. The number of fused-ring (bicyclic) bond motifs is 1. The highest BCUT2D eigenvalue weighted by Crippen LogP contribution is 2.39. The van der Waals surface area contributed by atoms with E-state index in [9.17, 15) is 4.79 Å². The minimum Gasteiger partial charge on any atom is -0.493 e. The zero-order valence-electron chi connectivity index (χ0n) is 18.0. The van der Waals surface area contributed by atoms with Gasteiger partial charge in [-0.3, -0.25) is 9.69 Å². The highest BCUT2D eigenvalue weighted by Gasteiger charge is 2.33. The van der Waals surface area contributed by atoms with E-state index in [1.54, 1.807) is 4.90 Å². The van der Waals surface area contributed by atoms with Crippen LogP contribution in [0.3, 0.4) is 0 Å². The summed E-state index contributed by atoms with van der Waals surface area (Å²) in [6.45, 7) is 6.90. The van der Waals surface area contributed by atoms with Crippen LogP contribution in [0, 0.1) is 13.8 Å². The topological polar surface area (TPSA) is 29.5 Å². The molecule has 3 aromatic rings. The smallest absolute Gasteiger partial charge is 0.270 e. The highest BCUT2D eigenvalue weighted by molar-refractivity contribution is 8.27.